The third-order valence-electron chi connectivity index (χ3n) is 9.16. The van der Waals surface area contributed by atoms with Gasteiger partial charge in [-0.3, -0.25) is 9.59 Å². The van der Waals surface area contributed by atoms with Crippen LogP contribution in [0.1, 0.15) is 47.0 Å². The molecule has 0 spiro atoms. The van der Waals surface area contributed by atoms with Crippen molar-refractivity contribution in [3.05, 3.63) is 23.8 Å². The van der Waals surface area contributed by atoms with Crippen LogP contribution >= 0.6 is 11.8 Å². The fourth-order valence-corrected chi connectivity index (χ4v) is 8.44. The van der Waals surface area contributed by atoms with Crippen molar-refractivity contribution in [1.29, 1.82) is 0 Å². The highest BCUT2D eigenvalue weighted by molar-refractivity contribution is 8.13. The summed E-state index contributed by atoms with van der Waals surface area (Å²) in [4.78, 5) is 37.8. The molecule has 0 aromatic heterocycles. The lowest BCUT2D eigenvalue weighted by molar-refractivity contribution is -0.223. The van der Waals surface area contributed by atoms with Crippen molar-refractivity contribution in [2.75, 3.05) is 12.6 Å². The molecule has 9 atom stereocenters. The molecule has 0 saturated heterocycles. The Hall–Kier alpha value is -1.81. The molecule has 10 heteroatoms. The molecular formula is C25H31F3O6S. The summed E-state index contributed by atoms with van der Waals surface area (Å²) in [6.45, 7) is 6.31. The second-order valence-electron chi connectivity index (χ2n) is 10.6. The van der Waals surface area contributed by atoms with E-state index >= 15 is 8.78 Å². The highest BCUT2D eigenvalue weighted by Gasteiger charge is 2.78. The molecular weight excluding hydrogens is 485 g/mol. The fraction of sp³-hybridized carbons (Fsp3) is 0.720. The maximum absolute atomic E-state index is 17.2. The zero-order valence-corrected chi connectivity index (χ0v) is 21.0. The average molecular weight is 517 g/mol. The predicted octanol–water partition coefficient (Wildman–Crippen LogP) is 4.65. The van der Waals surface area contributed by atoms with Gasteiger partial charge in [-0.05, 0) is 68.5 Å². The standard InChI is InChI=1S/C25H31F3O6S/c1-5-33-21(32)34-25(20(31)35-12-26)13(2)8-15-16-10-18(27)17-9-14(29)6-7-22(17,3)24(16,28)19(30)11-23(15,25)4/h6-7,9,13,15-16,18-19,30H,5,8,10-12H2,1-4H3/t13-,15?,16?,18+,19+,22+,23+,24+,25+/m1/s1. The SMILES string of the molecule is CCOC(=O)O[C@]1(C(=O)SCF)[C@H](C)CC2C3C[C@H](F)C4=CC(=O)C=C[C@]4(C)[C@@]3(F)[C@@H](O)C[C@@]21C. The Bertz CT molecular complexity index is 1000. The number of ether oxygens (including phenoxy) is 2. The van der Waals surface area contributed by atoms with E-state index in [0.29, 0.717) is 11.8 Å². The van der Waals surface area contributed by atoms with Gasteiger partial charge in [0.2, 0.25) is 5.12 Å². The van der Waals surface area contributed by atoms with Crippen LogP contribution in [-0.4, -0.2) is 58.3 Å². The van der Waals surface area contributed by atoms with Crippen LogP contribution in [0.5, 0.6) is 0 Å². The largest absolute Gasteiger partial charge is 0.509 e. The fourth-order valence-electron chi connectivity index (χ4n) is 7.65. The monoisotopic (exact) mass is 516 g/mol. The number of allylic oxidation sites excluding steroid dienone is 4. The summed E-state index contributed by atoms with van der Waals surface area (Å²) in [5.41, 5.74) is -7.12. The van der Waals surface area contributed by atoms with Crippen LogP contribution in [0.2, 0.25) is 0 Å². The Balaban J connectivity index is 1.86. The molecule has 0 heterocycles. The highest BCUT2D eigenvalue weighted by Crippen LogP contribution is 2.72. The lowest BCUT2D eigenvalue weighted by Gasteiger charge is -2.63. The Morgan fingerprint density at radius 1 is 1.26 bits per heavy atom. The van der Waals surface area contributed by atoms with Crippen molar-refractivity contribution in [2.45, 2.75) is 70.5 Å². The smallest absolute Gasteiger partial charge is 0.435 e. The van der Waals surface area contributed by atoms with E-state index in [1.165, 1.54) is 19.1 Å². The van der Waals surface area contributed by atoms with Crippen molar-refractivity contribution < 1.29 is 42.1 Å². The van der Waals surface area contributed by atoms with Gasteiger partial charge in [-0.15, -0.1) is 0 Å². The van der Waals surface area contributed by atoms with Crippen LogP contribution in [0, 0.1) is 28.6 Å². The zero-order valence-electron chi connectivity index (χ0n) is 20.2. The number of hydrogen-bond acceptors (Lipinski definition) is 7. The van der Waals surface area contributed by atoms with Crippen molar-refractivity contribution in [2.24, 2.45) is 28.6 Å². The molecule has 0 amide bonds. The second-order valence-corrected chi connectivity index (χ2v) is 11.4. The number of rotatable bonds is 4. The summed E-state index contributed by atoms with van der Waals surface area (Å²) >= 11 is 0.348. The van der Waals surface area contributed by atoms with E-state index in [-0.39, 0.29) is 31.4 Å². The number of carbonyl (C=O) groups is 3. The maximum atomic E-state index is 17.2. The van der Waals surface area contributed by atoms with Gasteiger partial charge in [-0.25, -0.2) is 18.0 Å². The first kappa shape index (κ1) is 26.3. The summed E-state index contributed by atoms with van der Waals surface area (Å²) in [6.07, 6.45) is -1.18. The molecule has 0 aliphatic heterocycles. The average Bonchev–Trinajstić information content (AvgIpc) is 2.99. The van der Waals surface area contributed by atoms with Crippen molar-refractivity contribution in [3.8, 4) is 0 Å². The number of carbonyl (C=O) groups excluding carboxylic acids is 3. The first-order valence-corrected chi connectivity index (χ1v) is 12.9. The molecule has 3 fully saturated rings. The van der Waals surface area contributed by atoms with E-state index in [1.807, 2.05) is 0 Å². The van der Waals surface area contributed by atoms with E-state index in [4.69, 9.17) is 9.47 Å². The van der Waals surface area contributed by atoms with Gasteiger partial charge < -0.3 is 14.6 Å². The predicted molar refractivity (Wildman–Crippen MR) is 123 cm³/mol. The Kier molecular flexibility index (Phi) is 6.48. The minimum Gasteiger partial charge on any atom is -0.435 e. The summed E-state index contributed by atoms with van der Waals surface area (Å²) in [6, 6.07) is -1.06. The van der Waals surface area contributed by atoms with E-state index in [1.54, 1.807) is 20.8 Å². The van der Waals surface area contributed by atoms with Crippen LogP contribution in [0.25, 0.3) is 0 Å². The first-order valence-electron chi connectivity index (χ1n) is 11.9. The van der Waals surface area contributed by atoms with E-state index < -0.39 is 75.2 Å². The van der Waals surface area contributed by atoms with Crippen molar-refractivity contribution >= 4 is 28.8 Å². The molecule has 0 bridgehead atoms. The molecule has 4 aliphatic rings. The highest BCUT2D eigenvalue weighted by atomic mass is 32.2. The van der Waals surface area contributed by atoms with Gasteiger partial charge in [0.15, 0.2) is 17.1 Å². The van der Waals surface area contributed by atoms with Crippen LogP contribution in [-0.2, 0) is 19.1 Å². The number of ketones is 1. The lowest BCUT2D eigenvalue weighted by atomic mass is 9.44. The minimum atomic E-state index is -2.33. The third kappa shape index (κ3) is 3.31. The van der Waals surface area contributed by atoms with E-state index in [2.05, 4.69) is 0 Å². The Morgan fingerprint density at radius 3 is 2.57 bits per heavy atom. The lowest BCUT2D eigenvalue weighted by Crippen LogP contribution is -2.70. The molecule has 35 heavy (non-hydrogen) atoms. The molecule has 194 valence electrons. The molecule has 0 aromatic carbocycles. The number of fused-ring (bicyclic) bond motifs is 5. The minimum absolute atomic E-state index is 0.00412. The van der Waals surface area contributed by atoms with Crippen LogP contribution < -0.4 is 0 Å². The molecule has 3 saturated carbocycles. The molecule has 2 unspecified atom stereocenters. The number of aliphatic hydroxyl groups is 1. The van der Waals surface area contributed by atoms with Crippen molar-refractivity contribution in [3.63, 3.8) is 0 Å². The van der Waals surface area contributed by atoms with E-state index in [9.17, 15) is 23.9 Å². The van der Waals surface area contributed by atoms with Gasteiger partial charge in [-0.1, -0.05) is 19.9 Å². The van der Waals surface area contributed by atoms with Crippen LogP contribution in [0.4, 0.5) is 18.0 Å². The maximum Gasteiger partial charge on any atom is 0.509 e. The molecule has 0 radical (unpaired) electrons. The van der Waals surface area contributed by atoms with E-state index in [0.717, 1.165) is 6.08 Å². The normalized spacial score (nSPS) is 46.2. The van der Waals surface area contributed by atoms with Crippen LogP contribution in [0.3, 0.4) is 0 Å². The number of alkyl halides is 3. The summed E-state index contributed by atoms with van der Waals surface area (Å²) in [5.74, 6) is -2.84. The van der Waals surface area contributed by atoms with Gasteiger partial charge in [0.1, 0.15) is 12.2 Å². The summed E-state index contributed by atoms with van der Waals surface area (Å²) in [7, 11) is 0. The number of hydrogen-bond donors (Lipinski definition) is 1. The zero-order chi connectivity index (χ0) is 26.0. The molecule has 4 rings (SSSR count). The van der Waals surface area contributed by atoms with Crippen molar-refractivity contribution in [1.82, 2.24) is 0 Å². The van der Waals surface area contributed by atoms with Crippen LogP contribution in [0.15, 0.2) is 23.8 Å². The second kappa shape index (κ2) is 8.64. The topological polar surface area (TPSA) is 89.9 Å². The molecule has 1 N–H and O–H groups in total. The molecule has 6 nitrogen and oxygen atoms in total. The first-order chi connectivity index (χ1) is 16.3. The quantitative estimate of drug-likeness (QED) is 0.544. The van der Waals surface area contributed by atoms with Gasteiger partial charge in [-0.2, -0.15) is 0 Å². The van der Waals surface area contributed by atoms with Gasteiger partial charge in [0, 0.05) is 22.7 Å². The number of halogens is 3. The third-order valence-corrected chi connectivity index (χ3v) is 9.84. The van der Waals surface area contributed by atoms with Gasteiger partial charge in [0.25, 0.3) is 0 Å². The number of thioether (sulfide) groups is 1. The molecule has 0 aromatic rings. The van der Waals surface area contributed by atoms with Gasteiger partial charge >= 0.3 is 6.16 Å². The number of aliphatic hydroxyl groups excluding tert-OH is 1. The Labute approximate surface area is 206 Å². The summed E-state index contributed by atoms with van der Waals surface area (Å²) in [5, 5.41) is 10.6. The van der Waals surface area contributed by atoms with Gasteiger partial charge in [0.05, 0.1) is 12.7 Å². The Morgan fingerprint density at radius 2 is 1.94 bits per heavy atom. The summed E-state index contributed by atoms with van der Waals surface area (Å²) < 4.78 is 56.7. The molecule has 4 aliphatic carbocycles.